The molecule has 0 radical (unpaired) electrons. The molecular weight excluding hydrogens is 293 g/mol. The highest BCUT2D eigenvalue weighted by molar-refractivity contribution is 8.00. The van der Waals surface area contributed by atoms with Crippen LogP contribution in [0.1, 0.15) is 5.56 Å². The Morgan fingerprint density at radius 2 is 2.21 bits per heavy atom. The minimum Gasteiger partial charge on any atom is -0.480 e. The molecule has 0 unspecified atom stereocenters. The maximum Gasteiger partial charge on any atom is 0.322 e. The van der Waals surface area contributed by atoms with Gasteiger partial charge in [0.2, 0.25) is 10.0 Å². The molecular formula is C11H12FNO4S2. The summed E-state index contributed by atoms with van der Waals surface area (Å²) < 4.78 is 38.8. The minimum atomic E-state index is -3.92. The van der Waals surface area contributed by atoms with Crippen molar-refractivity contribution < 1.29 is 22.7 Å². The monoisotopic (exact) mass is 305 g/mol. The highest BCUT2D eigenvalue weighted by atomic mass is 32.2. The Kier molecular flexibility index (Phi) is 3.84. The number of hydrogen-bond acceptors (Lipinski definition) is 4. The van der Waals surface area contributed by atoms with Crippen molar-refractivity contribution >= 4 is 27.8 Å². The number of sulfonamides is 1. The smallest absolute Gasteiger partial charge is 0.322 e. The Morgan fingerprint density at radius 3 is 2.79 bits per heavy atom. The molecule has 0 aliphatic carbocycles. The topological polar surface area (TPSA) is 74.7 Å². The summed E-state index contributed by atoms with van der Waals surface area (Å²) in [6, 6.07) is 2.27. The molecule has 1 fully saturated rings. The molecule has 1 heterocycles. The number of halogens is 1. The zero-order valence-corrected chi connectivity index (χ0v) is 11.7. The number of benzene rings is 1. The molecule has 0 saturated carbocycles. The maximum atomic E-state index is 13.0. The summed E-state index contributed by atoms with van der Waals surface area (Å²) >= 11 is 1.24. The van der Waals surface area contributed by atoms with Crippen LogP contribution in [0.25, 0.3) is 0 Å². The predicted octanol–water partition coefficient (Wildman–Crippen LogP) is 1.28. The lowest BCUT2D eigenvalue weighted by Crippen LogP contribution is -2.41. The van der Waals surface area contributed by atoms with Crippen LogP contribution in [0, 0.1) is 12.7 Å². The van der Waals surface area contributed by atoms with Gasteiger partial charge >= 0.3 is 5.97 Å². The van der Waals surface area contributed by atoms with Crippen LogP contribution in [0.5, 0.6) is 0 Å². The van der Waals surface area contributed by atoms with Crippen molar-refractivity contribution in [3.63, 3.8) is 0 Å². The van der Waals surface area contributed by atoms with Crippen molar-refractivity contribution in [3.05, 3.63) is 29.6 Å². The number of carbonyl (C=O) groups is 1. The number of hydrogen-bond donors (Lipinski definition) is 1. The van der Waals surface area contributed by atoms with E-state index in [-0.39, 0.29) is 22.1 Å². The quantitative estimate of drug-likeness (QED) is 0.910. The van der Waals surface area contributed by atoms with Crippen LogP contribution in [-0.2, 0) is 14.8 Å². The van der Waals surface area contributed by atoms with Gasteiger partial charge < -0.3 is 5.11 Å². The SMILES string of the molecule is Cc1cc(F)ccc1S(=O)(=O)N1CSC[C@@H]1C(=O)O. The van der Waals surface area contributed by atoms with Crippen molar-refractivity contribution in [1.29, 1.82) is 0 Å². The Hall–Kier alpha value is -1.12. The van der Waals surface area contributed by atoms with Crippen LogP contribution >= 0.6 is 11.8 Å². The largest absolute Gasteiger partial charge is 0.480 e. The second-order valence-electron chi connectivity index (χ2n) is 4.16. The molecule has 0 spiro atoms. The van der Waals surface area contributed by atoms with Crippen molar-refractivity contribution in [2.45, 2.75) is 17.9 Å². The number of aryl methyl sites for hydroxylation is 1. The summed E-state index contributed by atoms with van der Waals surface area (Å²) in [5, 5.41) is 9.03. The van der Waals surface area contributed by atoms with Crippen LogP contribution in [0.4, 0.5) is 4.39 Å². The predicted molar refractivity (Wildman–Crippen MR) is 68.9 cm³/mol. The van der Waals surface area contributed by atoms with Crippen molar-refractivity contribution in [3.8, 4) is 0 Å². The molecule has 1 N–H and O–H groups in total. The first-order chi connectivity index (χ1) is 8.84. The zero-order valence-electron chi connectivity index (χ0n) is 10.0. The lowest BCUT2D eigenvalue weighted by molar-refractivity contribution is -0.140. The number of nitrogens with zero attached hydrogens (tertiary/aromatic N) is 1. The van der Waals surface area contributed by atoms with E-state index in [1.165, 1.54) is 24.8 Å². The van der Waals surface area contributed by atoms with E-state index in [0.717, 1.165) is 16.4 Å². The summed E-state index contributed by atoms with van der Waals surface area (Å²) in [5.74, 6) is -1.39. The number of carboxylic acids is 1. The molecule has 0 aromatic heterocycles. The minimum absolute atomic E-state index is 0.0531. The molecule has 1 saturated heterocycles. The van der Waals surface area contributed by atoms with Crippen molar-refractivity contribution in [2.75, 3.05) is 11.6 Å². The Bertz CT molecular complexity index is 617. The molecule has 1 atom stereocenters. The molecule has 0 amide bonds. The number of aliphatic carboxylic acids is 1. The molecule has 1 aromatic carbocycles. The summed E-state index contributed by atoms with van der Waals surface area (Å²) in [7, 11) is -3.92. The first kappa shape index (κ1) is 14.3. The van der Waals surface area contributed by atoms with Crippen molar-refractivity contribution in [1.82, 2.24) is 4.31 Å². The van der Waals surface area contributed by atoms with E-state index in [1.54, 1.807) is 0 Å². The zero-order chi connectivity index (χ0) is 14.2. The maximum absolute atomic E-state index is 13.0. The third-order valence-corrected chi connectivity index (χ3v) is 6.04. The first-order valence-corrected chi connectivity index (χ1v) is 8.02. The highest BCUT2D eigenvalue weighted by Gasteiger charge is 2.40. The lowest BCUT2D eigenvalue weighted by atomic mass is 10.2. The molecule has 1 aliphatic heterocycles. The third-order valence-electron chi connectivity index (χ3n) is 2.85. The van der Waals surface area contributed by atoms with Gasteiger partial charge in [0.15, 0.2) is 0 Å². The van der Waals surface area contributed by atoms with Crippen LogP contribution in [0.2, 0.25) is 0 Å². The van der Waals surface area contributed by atoms with Crippen LogP contribution in [-0.4, -0.2) is 41.5 Å². The standard InChI is InChI=1S/C11H12FNO4S2/c1-7-4-8(12)2-3-10(7)19(16,17)13-6-18-5-9(13)11(14)15/h2-4,9H,5-6H2,1H3,(H,14,15)/t9-/m1/s1. The summed E-state index contributed by atoms with van der Waals surface area (Å²) in [4.78, 5) is 11.0. The average Bonchev–Trinajstić information content (AvgIpc) is 2.77. The third kappa shape index (κ3) is 2.60. The van der Waals surface area contributed by atoms with Gasteiger partial charge in [-0.2, -0.15) is 4.31 Å². The Labute approximate surface area is 114 Å². The second-order valence-corrected chi connectivity index (χ2v) is 7.01. The van der Waals surface area contributed by atoms with E-state index in [1.807, 2.05) is 0 Å². The van der Waals surface area contributed by atoms with Gasteiger partial charge in [0.1, 0.15) is 11.9 Å². The summed E-state index contributed by atoms with van der Waals surface area (Å²) in [6.07, 6.45) is 0. The van der Waals surface area contributed by atoms with Gasteiger partial charge in [-0.25, -0.2) is 12.8 Å². The van der Waals surface area contributed by atoms with Gasteiger partial charge in [-0.1, -0.05) is 0 Å². The first-order valence-electron chi connectivity index (χ1n) is 5.42. The van der Waals surface area contributed by atoms with E-state index >= 15 is 0 Å². The van der Waals surface area contributed by atoms with Gasteiger partial charge in [-0.3, -0.25) is 4.79 Å². The van der Waals surface area contributed by atoms with E-state index in [9.17, 15) is 17.6 Å². The van der Waals surface area contributed by atoms with E-state index in [0.29, 0.717) is 0 Å². The van der Waals surface area contributed by atoms with E-state index in [2.05, 4.69) is 0 Å². The lowest BCUT2D eigenvalue weighted by Gasteiger charge is -2.21. The van der Waals surface area contributed by atoms with Crippen LogP contribution in [0.15, 0.2) is 23.1 Å². The molecule has 5 nitrogen and oxygen atoms in total. The van der Waals surface area contributed by atoms with Gasteiger partial charge in [-0.05, 0) is 30.7 Å². The molecule has 2 rings (SSSR count). The van der Waals surface area contributed by atoms with Gasteiger partial charge in [0.05, 0.1) is 10.8 Å². The number of thioether (sulfide) groups is 1. The van der Waals surface area contributed by atoms with E-state index < -0.39 is 27.9 Å². The number of rotatable bonds is 3. The van der Waals surface area contributed by atoms with Gasteiger partial charge in [0.25, 0.3) is 0 Å². The number of carboxylic acid groups (broad SMARTS) is 1. The molecule has 0 bridgehead atoms. The normalized spacial score (nSPS) is 20.6. The Morgan fingerprint density at radius 1 is 1.53 bits per heavy atom. The highest BCUT2D eigenvalue weighted by Crippen LogP contribution is 2.29. The fourth-order valence-corrected chi connectivity index (χ4v) is 5.23. The Balaban J connectivity index is 2.45. The summed E-state index contributed by atoms with van der Waals surface area (Å²) in [6.45, 7) is 1.48. The van der Waals surface area contributed by atoms with Crippen LogP contribution in [0.3, 0.4) is 0 Å². The summed E-state index contributed by atoms with van der Waals surface area (Å²) in [5.41, 5.74) is 0.265. The van der Waals surface area contributed by atoms with E-state index in [4.69, 9.17) is 5.11 Å². The molecule has 104 valence electrons. The molecule has 19 heavy (non-hydrogen) atoms. The van der Waals surface area contributed by atoms with Gasteiger partial charge in [-0.15, -0.1) is 11.8 Å². The average molecular weight is 305 g/mol. The van der Waals surface area contributed by atoms with Crippen molar-refractivity contribution in [2.24, 2.45) is 0 Å². The molecule has 1 aliphatic rings. The second kappa shape index (κ2) is 5.10. The van der Waals surface area contributed by atoms with Crippen LogP contribution < -0.4 is 0 Å². The fourth-order valence-electron chi connectivity index (χ4n) is 1.89. The van der Waals surface area contributed by atoms with Gasteiger partial charge in [0, 0.05) is 5.75 Å². The molecule has 8 heteroatoms. The molecule has 1 aromatic rings. The fraction of sp³-hybridized carbons (Fsp3) is 0.364.